The summed E-state index contributed by atoms with van der Waals surface area (Å²) < 4.78 is 0. The predicted molar refractivity (Wildman–Crippen MR) is 99.7 cm³/mol. The minimum atomic E-state index is -0.893. The normalized spacial score (nSPS) is 20.0. The highest BCUT2D eigenvalue weighted by Crippen LogP contribution is 2.26. The molecule has 1 heterocycles. The number of nitrogens with zero attached hydrogens (tertiary/aromatic N) is 1. The third-order valence-electron chi connectivity index (χ3n) is 4.84. The summed E-state index contributed by atoms with van der Waals surface area (Å²) in [5.41, 5.74) is 6.35. The van der Waals surface area contributed by atoms with Gasteiger partial charge in [-0.05, 0) is 50.8 Å². The second kappa shape index (κ2) is 10.6. The van der Waals surface area contributed by atoms with Crippen molar-refractivity contribution in [1.82, 2.24) is 15.6 Å². The lowest BCUT2D eigenvalue weighted by atomic mass is 10.0. The summed E-state index contributed by atoms with van der Waals surface area (Å²) >= 11 is 0. The van der Waals surface area contributed by atoms with E-state index in [0.29, 0.717) is 38.6 Å². The topological polar surface area (TPSA) is 134 Å². The maximum absolute atomic E-state index is 12.6. The largest absolute Gasteiger partial charge is 0.481 e. The number of hydrogen-bond donors (Lipinski definition) is 4. The number of carbonyl (C=O) groups excluding carboxylic acids is 2. The quantitative estimate of drug-likeness (QED) is 0.472. The molecule has 3 atom stereocenters. The van der Waals surface area contributed by atoms with Crippen molar-refractivity contribution in [2.45, 2.75) is 57.0 Å². The molecule has 2 rings (SSSR count). The molecule has 0 spiro atoms. The summed E-state index contributed by atoms with van der Waals surface area (Å²) in [6.45, 7) is 0.411. The average Bonchev–Trinajstić information content (AvgIpc) is 3.12. The maximum atomic E-state index is 12.6. The molecule has 0 aliphatic heterocycles. The Morgan fingerprint density at radius 2 is 2.11 bits per heavy atom. The Morgan fingerprint density at radius 1 is 1.30 bits per heavy atom. The summed E-state index contributed by atoms with van der Waals surface area (Å²) in [5.74, 6) is -2.04. The van der Waals surface area contributed by atoms with Crippen LogP contribution in [0.15, 0.2) is 24.4 Å². The Kier molecular flexibility index (Phi) is 8.19. The van der Waals surface area contributed by atoms with E-state index >= 15 is 0 Å². The van der Waals surface area contributed by atoms with Crippen LogP contribution in [0, 0.1) is 5.92 Å². The summed E-state index contributed by atoms with van der Waals surface area (Å²) in [5, 5.41) is 14.8. The number of nitrogens with two attached hydrogens (primary N) is 1. The zero-order chi connectivity index (χ0) is 19.6. The molecule has 1 saturated carbocycles. The number of aryl methyl sites for hydroxylation is 1. The van der Waals surface area contributed by atoms with Crippen LogP contribution in [0.2, 0.25) is 0 Å². The number of carbonyl (C=O) groups is 3. The lowest BCUT2D eigenvalue weighted by Gasteiger charge is -2.23. The fraction of sp³-hybridized carbons (Fsp3) is 0.579. The van der Waals surface area contributed by atoms with E-state index in [1.165, 1.54) is 0 Å². The first kappa shape index (κ1) is 20.8. The third-order valence-corrected chi connectivity index (χ3v) is 4.84. The van der Waals surface area contributed by atoms with Gasteiger partial charge in [-0.2, -0.15) is 0 Å². The van der Waals surface area contributed by atoms with Crippen LogP contribution in [0.1, 0.15) is 44.2 Å². The van der Waals surface area contributed by atoms with Crippen LogP contribution >= 0.6 is 0 Å². The fourth-order valence-corrected chi connectivity index (χ4v) is 3.36. The molecule has 0 unspecified atom stereocenters. The third kappa shape index (κ3) is 6.63. The van der Waals surface area contributed by atoms with Gasteiger partial charge in [-0.15, -0.1) is 0 Å². The van der Waals surface area contributed by atoms with E-state index < -0.39 is 17.9 Å². The van der Waals surface area contributed by atoms with E-state index in [0.717, 1.165) is 12.1 Å². The molecule has 27 heavy (non-hydrogen) atoms. The first-order chi connectivity index (χ1) is 13.0. The van der Waals surface area contributed by atoms with E-state index in [1.54, 1.807) is 6.20 Å². The number of carboxylic acids is 1. The van der Waals surface area contributed by atoms with Gasteiger partial charge in [0.2, 0.25) is 11.8 Å². The van der Waals surface area contributed by atoms with Crippen molar-refractivity contribution in [2.75, 3.05) is 6.54 Å². The molecule has 1 fully saturated rings. The van der Waals surface area contributed by atoms with Crippen LogP contribution in [0.4, 0.5) is 0 Å². The number of nitrogens with one attached hydrogen (secondary N) is 2. The molecule has 1 aromatic rings. The number of hydrogen-bond acceptors (Lipinski definition) is 5. The van der Waals surface area contributed by atoms with Gasteiger partial charge in [-0.3, -0.25) is 19.4 Å². The van der Waals surface area contributed by atoms with Gasteiger partial charge in [-0.1, -0.05) is 12.5 Å². The highest BCUT2D eigenvalue weighted by molar-refractivity contribution is 5.88. The van der Waals surface area contributed by atoms with Gasteiger partial charge in [0, 0.05) is 24.4 Å². The lowest BCUT2D eigenvalue weighted by Crippen LogP contribution is -2.51. The van der Waals surface area contributed by atoms with Crippen LogP contribution < -0.4 is 16.4 Å². The summed E-state index contributed by atoms with van der Waals surface area (Å²) in [4.78, 5) is 40.3. The molecule has 148 valence electrons. The summed E-state index contributed by atoms with van der Waals surface area (Å²) in [6.07, 6.45) is 5.36. The number of aliphatic carboxylic acids is 1. The number of aromatic nitrogens is 1. The molecule has 8 heteroatoms. The molecule has 2 amide bonds. The second-order valence-electron chi connectivity index (χ2n) is 6.86. The van der Waals surface area contributed by atoms with Gasteiger partial charge in [-0.25, -0.2) is 0 Å². The Labute approximate surface area is 158 Å². The van der Waals surface area contributed by atoms with Crippen LogP contribution in [-0.2, 0) is 20.8 Å². The Balaban J connectivity index is 1.89. The smallest absolute Gasteiger partial charge is 0.308 e. The van der Waals surface area contributed by atoms with Crippen molar-refractivity contribution in [3.8, 4) is 0 Å². The van der Waals surface area contributed by atoms with Crippen LogP contribution in [0.5, 0.6) is 0 Å². The van der Waals surface area contributed by atoms with E-state index in [2.05, 4.69) is 15.6 Å². The van der Waals surface area contributed by atoms with Gasteiger partial charge in [0.05, 0.1) is 5.92 Å². The minimum Gasteiger partial charge on any atom is -0.481 e. The van der Waals surface area contributed by atoms with Crippen molar-refractivity contribution in [2.24, 2.45) is 11.7 Å². The van der Waals surface area contributed by atoms with Gasteiger partial charge in [0.15, 0.2) is 0 Å². The summed E-state index contributed by atoms with van der Waals surface area (Å²) in [6, 6.07) is 4.42. The lowest BCUT2D eigenvalue weighted by molar-refractivity contribution is -0.142. The van der Waals surface area contributed by atoms with E-state index in [4.69, 9.17) is 5.73 Å². The van der Waals surface area contributed by atoms with E-state index in [9.17, 15) is 19.5 Å². The molecule has 8 nitrogen and oxygen atoms in total. The highest BCUT2D eigenvalue weighted by atomic mass is 16.4. The highest BCUT2D eigenvalue weighted by Gasteiger charge is 2.35. The van der Waals surface area contributed by atoms with E-state index in [1.807, 2.05) is 18.2 Å². The molecule has 0 bridgehead atoms. The molecule has 0 radical (unpaired) electrons. The van der Waals surface area contributed by atoms with E-state index in [-0.39, 0.29) is 24.3 Å². The standard InChI is InChI=1S/C19H28N4O4/c20-11-4-8-16(18(25)23-15-7-3-6-14(15)19(26)27)22-17(24)10-9-13-5-1-2-12-21-13/h1-2,5,12,14-16H,3-4,6-11,20H2,(H,22,24)(H,23,25)(H,26,27)/t14-,15+,16+/m1/s1. The summed E-state index contributed by atoms with van der Waals surface area (Å²) in [7, 11) is 0. The number of amides is 2. The van der Waals surface area contributed by atoms with Crippen molar-refractivity contribution >= 4 is 17.8 Å². The molecule has 0 aromatic carbocycles. The first-order valence-corrected chi connectivity index (χ1v) is 9.43. The van der Waals surface area contributed by atoms with Crippen molar-refractivity contribution in [3.05, 3.63) is 30.1 Å². The maximum Gasteiger partial charge on any atom is 0.308 e. The van der Waals surface area contributed by atoms with Crippen LogP contribution in [0.3, 0.4) is 0 Å². The number of rotatable bonds is 10. The van der Waals surface area contributed by atoms with Crippen molar-refractivity contribution < 1.29 is 19.5 Å². The van der Waals surface area contributed by atoms with Gasteiger partial charge in [0.1, 0.15) is 6.04 Å². The molecule has 1 aliphatic rings. The number of carboxylic acid groups (broad SMARTS) is 1. The SMILES string of the molecule is NCCC[C@H](NC(=O)CCc1ccccn1)C(=O)N[C@H]1CCC[C@H]1C(=O)O. The van der Waals surface area contributed by atoms with Crippen molar-refractivity contribution in [1.29, 1.82) is 0 Å². The zero-order valence-electron chi connectivity index (χ0n) is 15.4. The molecule has 5 N–H and O–H groups in total. The van der Waals surface area contributed by atoms with Gasteiger partial charge < -0.3 is 21.5 Å². The molecule has 1 aliphatic carbocycles. The van der Waals surface area contributed by atoms with Crippen molar-refractivity contribution in [3.63, 3.8) is 0 Å². The van der Waals surface area contributed by atoms with Crippen LogP contribution in [-0.4, -0.2) is 46.5 Å². The molecule has 0 saturated heterocycles. The Morgan fingerprint density at radius 3 is 2.78 bits per heavy atom. The van der Waals surface area contributed by atoms with Crippen LogP contribution in [0.25, 0.3) is 0 Å². The molecule has 1 aromatic heterocycles. The Bertz CT molecular complexity index is 638. The fourth-order valence-electron chi connectivity index (χ4n) is 3.36. The number of pyridine rings is 1. The Hall–Kier alpha value is -2.48. The average molecular weight is 376 g/mol. The predicted octanol–water partition coefficient (Wildman–Crippen LogP) is 0.607. The first-order valence-electron chi connectivity index (χ1n) is 9.43. The molecular formula is C19H28N4O4. The molecular weight excluding hydrogens is 348 g/mol. The van der Waals surface area contributed by atoms with Gasteiger partial charge >= 0.3 is 5.97 Å². The monoisotopic (exact) mass is 376 g/mol. The zero-order valence-corrected chi connectivity index (χ0v) is 15.4. The second-order valence-corrected chi connectivity index (χ2v) is 6.86. The van der Waals surface area contributed by atoms with Gasteiger partial charge in [0.25, 0.3) is 0 Å². The minimum absolute atomic E-state index is 0.227.